The van der Waals surface area contributed by atoms with Crippen LogP contribution in [0.1, 0.15) is 35.6 Å². The minimum absolute atomic E-state index is 0.0796. The van der Waals surface area contributed by atoms with Crippen LogP contribution in [0.15, 0.2) is 42.5 Å². The molecule has 1 N–H and O–H groups in total. The van der Waals surface area contributed by atoms with Gasteiger partial charge in [0, 0.05) is 26.2 Å². The molecule has 0 unspecified atom stereocenters. The molecule has 1 saturated heterocycles. The number of amides is 1. The summed E-state index contributed by atoms with van der Waals surface area (Å²) in [5.74, 6) is 0.668. The van der Waals surface area contributed by atoms with Crippen molar-refractivity contribution in [1.29, 1.82) is 0 Å². The van der Waals surface area contributed by atoms with Crippen LogP contribution in [0.4, 0.5) is 0 Å². The molecule has 0 radical (unpaired) electrons. The quantitative estimate of drug-likeness (QED) is 0.741. The fourth-order valence-corrected chi connectivity index (χ4v) is 3.57. The Morgan fingerprint density at radius 3 is 2.31 bits per heavy atom. The van der Waals surface area contributed by atoms with Crippen LogP contribution in [-0.4, -0.2) is 43.2 Å². The van der Waals surface area contributed by atoms with Gasteiger partial charge < -0.3 is 14.8 Å². The zero-order valence-electron chi connectivity index (χ0n) is 17.7. The van der Waals surface area contributed by atoms with Crippen molar-refractivity contribution in [3.05, 3.63) is 64.7 Å². The van der Waals surface area contributed by atoms with Crippen LogP contribution in [0.25, 0.3) is 0 Å². The first kappa shape index (κ1) is 21.3. The average molecular weight is 397 g/mol. The van der Waals surface area contributed by atoms with Gasteiger partial charge in [0.25, 0.3) is 5.91 Å². The Kier molecular flexibility index (Phi) is 7.67. The van der Waals surface area contributed by atoms with Crippen LogP contribution in [0.2, 0.25) is 0 Å². The Bertz CT molecular complexity index is 778. The van der Waals surface area contributed by atoms with E-state index in [4.69, 9.17) is 9.47 Å². The summed E-state index contributed by atoms with van der Waals surface area (Å²) in [4.78, 5) is 15.0. The Morgan fingerprint density at radius 2 is 1.69 bits per heavy atom. The number of rotatable bonds is 8. The van der Waals surface area contributed by atoms with E-state index in [1.807, 2.05) is 32.9 Å². The minimum atomic E-state index is -0.489. The number of nitrogens with zero attached hydrogens (tertiary/aromatic N) is 1. The van der Waals surface area contributed by atoms with Crippen LogP contribution >= 0.6 is 0 Å². The van der Waals surface area contributed by atoms with Crippen LogP contribution in [-0.2, 0) is 22.6 Å². The van der Waals surface area contributed by atoms with Crippen LogP contribution in [0.5, 0.6) is 5.75 Å². The summed E-state index contributed by atoms with van der Waals surface area (Å²) in [6.45, 7) is 11.1. The normalized spacial score (nSPS) is 15.7. The first-order valence-corrected chi connectivity index (χ1v) is 10.4. The van der Waals surface area contributed by atoms with Gasteiger partial charge in [-0.15, -0.1) is 0 Å². The van der Waals surface area contributed by atoms with Crippen molar-refractivity contribution < 1.29 is 14.3 Å². The number of carbonyl (C=O) groups is 1. The Hall–Kier alpha value is -2.37. The highest BCUT2D eigenvalue weighted by Crippen LogP contribution is 2.18. The molecule has 156 valence electrons. The number of hydrogen-bond acceptors (Lipinski definition) is 4. The topological polar surface area (TPSA) is 50.8 Å². The Labute approximate surface area is 174 Å². The highest BCUT2D eigenvalue weighted by atomic mass is 16.5. The van der Waals surface area contributed by atoms with Gasteiger partial charge in [-0.05, 0) is 54.7 Å². The number of carbonyl (C=O) groups excluding carboxylic acids is 1. The van der Waals surface area contributed by atoms with E-state index in [1.165, 1.54) is 5.56 Å². The number of nitrogens with one attached hydrogen (secondary N) is 1. The molecule has 1 amide bonds. The SMILES string of the molecule is CC[C@@H](Oc1cc(C)cc(C)c1)C(=O)NCc1ccc(CN2CCOCC2)cc1. The summed E-state index contributed by atoms with van der Waals surface area (Å²) >= 11 is 0. The molecule has 1 atom stereocenters. The average Bonchev–Trinajstić information content (AvgIpc) is 2.71. The number of hydrogen-bond donors (Lipinski definition) is 1. The monoisotopic (exact) mass is 396 g/mol. The molecule has 1 aliphatic rings. The van der Waals surface area contributed by atoms with Gasteiger partial charge in [-0.25, -0.2) is 0 Å². The fourth-order valence-electron chi connectivity index (χ4n) is 3.57. The van der Waals surface area contributed by atoms with E-state index in [-0.39, 0.29) is 5.91 Å². The third-order valence-electron chi connectivity index (χ3n) is 5.14. The molecule has 29 heavy (non-hydrogen) atoms. The summed E-state index contributed by atoms with van der Waals surface area (Å²) in [5, 5.41) is 3.01. The summed E-state index contributed by atoms with van der Waals surface area (Å²) in [6, 6.07) is 14.5. The van der Waals surface area contributed by atoms with Crippen molar-refractivity contribution in [2.45, 2.75) is 46.4 Å². The molecule has 0 saturated carbocycles. The van der Waals surface area contributed by atoms with Gasteiger partial charge in [0.2, 0.25) is 0 Å². The van der Waals surface area contributed by atoms with E-state index in [2.05, 4.69) is 40.5 Å². The number of benzene rings is 2. The molecular weight excluding hydrogens is 364 g/mol. The second-order valence-corrected chi connectivity index (χ2v) is 7.76. The minimum Gasteiger partial charge on any atom is -0.481 e. The van der Waals surface area contributed by atoms with Gasteiger partial charge in [0.1, 0.15) is 5.75 Å². The molecule has 1 aliphatic heterocycles. The van der Waals surface area contributed by atoms with Gasteiger partial charge in [-0.2, -0.15) is 0 Å². The summed E-state index contributed by atoms with van der Waals surface area (Å²) in [6.07, 6.45) is 0.133. The van der Waals surface area contributed by atoms with Gasteiger partial charge in [-0.1, -0.05) is 37.3 Å². The lowest BCUT2D eigenvalue weighted by atomic mass is 10.1. The Morgan fingerprint density at radius 1 is 1.07 bits per heavy atom. The van der Waals surface area contributed by atoms with Crippen molar-refractivity contribution in [3.8, 4) is 5.75 Å². The van der Waals surface area contributed by atoms with Gasteiger partial charge in [-0.3, -0.25) is 9.69 Å². The third-order valence-corrected chi connectivity index (χ3v) is 5.14. The highest BCUT2D eigenvalue weighted by Gasteiger charge is 2.18. The summed E-state index contributed by atoms with van der Waals surface area (Å²) in [5.41, 5.74) is 4.64. The zero-order valence-corrected chi connectivity index (χ0v) is 17.7. The van der Waals surface area contributed by atoms with Crippen molar-refractivity contribution in [2.75, 3.05) is 26.3 Å². The summed E-state index contributed by atoms with van der Waals surface area (Å²) in [7, 11) is 0. The zero-order chi connectivity index (χ0) is 20.6. The van der Waals surface area contributed by atoms with Crippen LogP contribution in [0.3, 0.4) is 0 Å². The van der Waals surface area contributed by atoms with Crippen LogP contribution in [0, 0.1) is 13.8 Å². The second-order valence-electron chi connectivity index (χ2n) is 7.76. The molecular formula is C24H32N2O3. The smallest absolute Gasteiger partial charge is 0.261 e. The maximum Gasteiger partial charge on any atom is 0.261 e. The number of morpholine rings is 1. The van der Waals surface area contributed by atoms with Gasteiger partial charge in [0.15, 0.2) is 6.10 Å². The molecule has 1 fully saturated rings. The lowest BCUT2D eigenvalue weighted by Gasteiger charge is -2.26. The third kappa shape index (κ3) is 6.58. The molecule has 2 aromatic carbocycles. The van der Waals surface area contributed by atoms with Crippen molar-refractivity contribution in [3.63, 3.8) is 0 Å². The largest absolute Gasteiger partial charge is 0.481 e. The van der Waals surface area contributed by atoms with Crippen LogP contribution < -0.4 is 10.1 Å². The van der Waals surface area contributed by atoms with E-state index < -0.39 is 6.10 Å². The van der Waals surface area contributed by atoms with Gasteiger partial charge in [0.05, 0.1) is 13.2 Å². The summed E-state index contributed by atoms with van der Waals surface area (Å²) < 4.78 is 11.3. The van der Waals surface area contributed by atoms with Crippen molar-refractivity contribution in [1.82, 2.24) is 10.2 Å². The van der Waals surface area contributed by atoms with E-state index in [0.29, 0.717) is 13.0 Å². The molecule has 5 nitrogen and oxygen atoms in total. The maximum absolute atomic E-state index is 12.6. The lowest BCUT2D eigenvalue weighted by molar-refractivity contribution is -0.128. The molecule has 0 bridgehead atoms. The maximum atomic E-state index is 12.6. The van der Waals surface area contributed by atoms with E-state index in [9.17, 15) is 4.79 Å². The number of aryl methyl sites for hydroxylation is 2. The van der Waals surface area contributed by atoms with E-state index >= 15 is 0 Å². The predicted octanol–water partition coefficient (Wildman–Crippen LogP) is 3.61. The van der Waals surface area contributed by atoms with Gasteiger partial charge >= 0.3 is 0 Å². The molecule has 2 aromatic rings. The second kappa shape index (κ2) is 10.4. The first-order chi connectivity index (χ1) is 14.0. The standard InChI is InChI=1S/C24H32N2O3/c1-4-23(29-22-14-18(2)13-19(3)15-22)24(27)25-16-20-5-7-21(8-6-20)17-26-9-11-28-12-10-26/h5-8,13-15,23H,4,9-12,16-17H2,1-3H3,(H,25,27)/t23-/m1/s1. The molecule has 0 aliphatic carbocycles. The molecule has 0 spiro atoms. The van der Waals surface area contributed by atoms with Crippen molar-refractivity contribution >= 4 is 5.91 Å². The van der Waals surface area contributed by atoms with E-state index in [0.717, 1.165) is 55.3 Å². The molecule has 5 heteroatoms. The first-order valence-electron chi connectivity index (χ1n) is 10.4. The molecule has 1 heterocycles. The number of ether oxygens (including phenoxy) is 2. The van der Waals surface area contributed by atoms with Crippen molar-refractivity contribution in [2.24, 2.45) is 0 Å². The predicted molar refractivity (Wildman–Crippen MR) is 115 cm³/mol. The van der Waals surface area contributed by atoms with E-state index in [1.54, 1.807) is 0 Å². The Balaban J connectivity index is 1.50. The molecule has 0 aromatic heterocycles. The highest BCUT2D eigenvalue weighted by molar-refractivity contribution is 5.81. The molecule has 3 rings (SSSR count). The lowest BCUT2D eigenvalue weighted by Crippen LogP contribution is -2.37. The fraction of sp³-hybridized carbons (Fsp3) is 0.458.